The maximum absolute atomic E-state index is 11.8. The first-order valence-electron chi connectivity index (χ1n) is 6.61. The minimum atomic E-state index is -0.216. The standard InChI is InChI=1S/C15H18ClN3O2/c1-15(2,3)12-8-14(21-19-12)18-13(20)9-17-11-6-4-5-10(16)7-11/h4-8,17H,9H2,1-3H3,(H,18,20). The van der Waals surface area contributed by atoms with Crippen molar-refractivity contribution in [1.29, 1.82) is 0 Å². The second-order valence-corrected chi connectivity index (χ2v) is 6.17. The van der Waals surface area contributed by atoms with Gasteiger partial charge in [0.1, 0.15) is 0 Å². The minimum absolute atomic E-state index is 0.117. The van der Waals surface area contributed by atoms with Gasteiger partial charge in [0.15, 0.2) is 0 Å². The van der Waals surface area contributed by atoms with Crippen molar-refractivity contribution in [3.05, 3.63) is 41.0 Å². The molecule has 1 aromatic heterocycles. The molecule has 2 aromatic rings. The third kappa shape index (κ3) is 4.49. The Bertz CT molecular complexity index is 632. The lowest BCUT2D eigenvalue weighted by atomic mass is 9.92. The second kappa shape index (κ2) is 6.18. The summed E-state index contributed by atoms with van der Waals surface area (Å²) in [4.78, 5) is 11.8. The maximum Gasteiger partial charge on any atom is 0.246 e. The summed E-state index contributed by atoms with van der Waals surface area (Å²) in [6.45, 7) is 6.19. The summed E-state index contributed by atoms with van der Waals surface area (Å²) in [5.41, 5.74) is 1.46. The molecule has 0 spiro atoms. The van der Waals surface area contributed by atoms with Crippen LogP contribution in [-0.2, 0) is 10.2 Å². The fraction of sp³-hybridized carbons (Fsp3) is 0.333. The van der Waals surface area contributed by atoms with Crippen LogP contribution in [-0.4, -0.2) is 17.6 Å². The summed E-state index contributed by atoms with van der Waals surface area (Å²) in [7, 11) is 0. The molecule has 5 nitrogen and oxygen atoms in total. The number of rotatable bonds is 4. The van der Waals surface area contributed by atoms with Crippen molar-refractivity contribution in [3.63, 3.8) is 0 Å². The molecule has 0 bridgehead atoms. The van der Waals surface area contributed by atoms with Gasteiger partial charge in [0.25, 0.3) is 0 Å². The average Bonchev–Trinajstić information content (AvgIpc) is 2.85. The lowest BCUT2D eigenvalue weighted by Crippen LogP contribution is -2.21. The molecule has 0 saturated carbocycles. The van der Waals surface area contributed by atoms with Gasteiger partial charge in [-0.05, 0) is 18.2 Å². The molecule has 1 heterocycles. The summed E-state index contributed by atoms with van der Waals surface area (Å²) in [5, 5.41) is 10.2. The first-order chi connectivity index (χ1) is 9.84. The molecular formula is C15H18ClN3O2. The fourth-order valence-corrected chi connectivity index (χ4v) is 1.84. The first kappa shape index (κ1) is 15.4. The van der Waals surface area contributed by atoms with Gasteiger partial charge in [-0.15, -0.1) is 0 Å². The van der Waals surface area contributed by atoms with Crippen LogP contribution < -0.4 is 10.6 Å². The lowest BCUT2D eigenvalue weighted by molar-refractivity contribution is -0.114. The van der Waals surface area contributed by atoms with E-state index in [9.17, 15) is 4.79 Å². The van der Waals surface area contributed by atoms with Crippen molar-refractivity contribution in [1.82, 2.24) is 5.16 Å². The number of carbonyl (C=O) groups is 1. The van der Waals surface area contributed by atoms with E-state index in [2.05, 4.69) is 15.8 Å². The molecule has 2 rings (SSSR count). The highest BCUT2D eigenvalue weighted by Crippen LogP contribution is 2.23. The molecular weight excluding hydrogens is 290 g/mol. The number of nitrogens with one attached hydrogen (secondary N) is 2. The molecule has 2 N–H and O–H groups in total. The number of aromatic nitrogens is 1. The molecule has 6 heteroatoms. The maximum atomic E-state index is 11.8. The molecule has 112 valence electrons. The Morgan fingerprint density at radius 3 is 2.71 bits per heavy atom. The largest absolute Gasteiger partial charge is 0.376 e. The molecule has 0 aliphatic rings. The van der Waals surface area contributed by atoms with Crippen molar-refractivity contribution in [2.75, 3.05) is 17.2 Å². The number of nitrogens with zero attached hydrogens (tertiary/aromatic N) is 1. The number of halogens is 1. The van der Waals surface area contributed by atoms with Gasteiger partial charge in [-0.2, -0.15) is 0 Å². The number of anilines is 2. The normalized spacial score (nSPS) is 11.2. The highest BCUT2D eigenvalue weighted by Gasteiger charge is 2.19. The Morgan fingerprint density at radius 1 is 1.33 bits per heavy atom. The summed E-state index contributed by atoms with van der Waals surface area (Å²) < 4.78 is 5.10. The first-order valence-corrected chi connectivity index (χ1v) is 6.99. The third-order valence-corrected chi connectivity index (χ3v) is 3.05. The second-order valence-electron chi connectivity index (χ2n) is 5.74. The van der Waals surface area contributed by atoms with Crippen LogP contribution >= 0.6 is 11.6 Å². The molecule has 0 aliphatic carbocycles. The zero-order chi connectivity index (χ0) is 15.5. The van der Waals surface area contributed by atoms with E-state index in [0.29, 0.717) is 10.9 Å². The van der Waals surface area contributed by atoms with Gasteiger partial charge in [-0.25, -0.2) is 0 Å². The predicted octanol–water partition coefficient (Wildman–Crippen LogP) is 3.68. The zero-order valence-corrected chi connectivity index (χ0v) is 13.0. The molecule has 0 fully saturated rings. The highest BCUT2D eigenvalue weighted by molar-refractivity contribution is 6.30. The van der Waals surface area contributed by atoms with Crippen LogP contribution in [0.1, 0.15) is 26.5 Å². The van der Waals surface area contributed by atoms with E-state index in [-0.39, 0.29) is 17.9 Å². The van der Waals surface area contributed by atoms with Crippen LogP contribution in [0, 0.1) is 0 Å². The number of amides is 1. The Morgan fingerprint density at radius 2 is 2.10 bits per heavy atom. The van der Waals surface area contributed by atoms with Crippen LogP contribution in [0.5, 0.6) is 0 Å². The Labute approximate surface area is 128 Å². The number of benzene rings is 1. The zero-order valence-electron chi connectivity index (χ0n) is 12.2. The van der Waals surface area contributed by atoms with E-state index in [4.69, 9.17) is 16.1 Å². The predicted molar refractivity (Wildman–Crippen MR) is 83.8 cm³/mol. The molecule has 0 aliphatic heterocycles. The molecule has 0 saturated heterocycles. The Hall–Kier alpha value is -2.01. The average molecular weight is 308 g/mol. The van der Waals surface area contributed by atoms with Crippen LogP contribution in [0.15, 0.2) is 34.9 Å². The summed E-state index contributed by atoms with van der Waals surface area (Å²) in [5.74, 6) is 0.129. The van der Waals surface area contributed by atoms with E-state index in [0.717, 1.165) is 11.4 Å². The highest BCUT2D eigenvalue weighted by atomic mass is 35.5. The minimum Gasteiger partial charge on any atom is -0.376 e. The number of carbonyl (C=O) groups excluding carboxylic acids is 1. The van der Waals surface area contributed by atoms with Crippen molar-refractivity contribution in [3.8, 4) is 0 Å². The molecule has 0 radical (unpaired) electrons. The SMILES string of the molecule is CC(C)(C)c1cc(NC(=O)CNc2cccc(Cl)c2)on1. The molecule has 0 atom stereocenters. The topological polar surface area (TPSA) is 67.2 Å². The number of hydrogen-bond donors (Lipinski definition) is 2. The van der Waals surface area contributed by atoms with Gasteiger partial charge < -0.3 is 9.84 Å². The molecule has 1 amide bonds. The monoisotopic (exact) mass is 307 g/mol. The van der Waals surface area contributed by atoms with Crippen LogP contribution in [0.3, 0.4) is 0 Å². The quantitative estimate of drug-likeness (QED) is 0.904. The van der Waals surface area contributed by atoms with Crippen LogP contribution in [0.4, 0.5) is 11.6 Å². The van der Waals surface area contributed by atoms with Crippen LogP contribution in [0.25, 0.3) is 0 Å². The summed E-state index contributed by atoms with van der Waals surface area (Å²) in [6, 6.07) is 8.91. The van der Waals surface area contributed by atoms with Gasteiger partial charge in [0.2, 0.25) is 11.8 Å². The molecule has 1 aromatic carbocycles. The lowest BCUT2D eigenvalue weighted by Gasteiger charge is -2.12. The van der Waals surface area contributed by atoms with E-state index >= 15 is 0 Å². The van der Waals surface area contributed by atoms with Gasteiger partial charge >= 0.3 is 0 Å². The Balaban J connectivity index is 1.89. The van der Waals surface area contributed by atoms with Gasteiger partial charge in [-0.1, -0.05) is 43.6 Å². The molecule has 21 heavy (non-hydrogen) atoms. The van der Waals surface area contributed by atoms with E-state index < -0.39 is 0 Å². The van der Waals surface area contributed by atoms with Gasteiger partial charge in [0, 0.05) is 22.2 Å². The summed E-state index contributed by atoms with van der Waals surface area (Å²) in [6.07, 6.45) is 0. The van der Waals surface area contributed by atoms with Crippen molar-refractivity contribution in [2.24, 2.45) is 0 Å². The number of hydrogen-bond acceptors (Lipinski definition) is 4. The third-order valence-electron chi connectivity index (χ3n) is 2.82. The van der Waals surface area contributed by atoms with Gasteiger partial charge in [0.05, 0.1) is 12.2 Å². The van der Waals surface area contributed by atoms with Crippen molar-refractivity contribution < 1.29 is 9.32 Å². The van der Waals surface area contributed by atoms with Crippen LogP contribution in [0.2, 0.25) is 5.02 Å². The van der Waals surface area contributed by atoms with Crippen molar-refractivity contribution >= 4 is 29.1 Å². The Kier molecular flexibility index (Phi) is 4.53. The summed E-state index contributed by atoms with van der Waals surface area (Å²) >= 11 is 5.87. The van der Waals surface area contributed by atoms with Gasteiger partial charge in [-0.3, -0.25) is 10.1 Å². The van der Waals surface area contributed by atoms with E-state index in [1.54, 1.807) is 18.2 Å². The fourth-order valence-electron chi connectivity index (χ4n) is 1.65. The van der Waals surface area contributed by atoms with Crippen molar-refractivity contribution in [2.45, 2.75) is 26.2 Å². The van der Waals surface area contributed by atoms with E-state index in [1.165, 1.54) is 0 Å². The molecule has 0 unspecified atom stereocenters. The van der Waals surface area contributed by atoms with E-state index in [1.807, 2.05) is 32.9 Å². The smallest absolute Gasteiger partial charge is 0.246 e.